The topological polar surface area (TPSA) is 49.2 Å². The number of nitrogens with zero attached hydrogens (tertiary/aromatic N) is 4. The van der Waals surface area contributed by atoms with Crippen molar-refractivity contribution in [3.05, 3.63) is 67.0 Å². The van der Waals surface area contributed by atoms with Crippen LogP contribution in [0, 0.1) is 0 Å². The summed E-state index contributed by atoms with van der Waals surface area (Å²) in [6, 6.07) is 10.9. The maximum Gasteiger partial charge on any atom is 0.0992 e. The van der Waals surface area contributed by atoms with E-state index in [1.54, 1.807) is 0 Å². The lowest BCUT2D eigenvalue weighted by atomic mass is 10.0. The lowest BCUT2D eigenvalue weighted by Crippen LogP contribution is -2.10. The maximum atomic E-state index is 4.28. The van der Waals surface area contributed by atoms with Gasteiger partial charge < -0.3 is 9.30 Å². The van der Waals surface area contributed by atoms with Crippen molar-refractivity contribution >= 4 is 5.52 Å². The molecule has 0 saturated heterocycles. The van der Waals surface area contributed by atoms with Gasteiger partial charge in [0.15, 0.2) is 0 Å². The summed E-state index contributed by atoms with van der Waals surface area (Å²) in [5.74, 6) is 0. The highest BCUT2D eigenvalue weighted by atomic mass is 15.1. The van der Waals surface area contributed by atoms with Crippen molar-refractivity contribution in [1.29, 1.82) is 0 Å². The number of aromatic nitrogens is 4. The molecule has 0 aliphatic rings. The summed E-state index contributed by atoms with van der Waals surface area (Å²) < 4.78 is 2.06. The highest BCUT2D eigenvalue weighted by molar-refractivity contribution is 5.83. The van der Waals surface area contributed by atoms with E-state index in [2.05, 4.69) is 75.1 Å². The second kappa shape index (κ2) is 5.94. The number of hydrogen-bond donors (Lipinski definition) is 1. The molecule has 5 heteroatoms. The zero-order chi connectivity index (χ0) is 16.5. The van der Waals surface area contributed by atoms with E-state index in [4.69, 9.17) is 0 Å². The van der Waals surface area contributed by atoms with Gasteiger partial charge in [0.2, 0.25) is 0 Å². The van der Waals surface area contributed by atoms with Crippen molar-refractivity contribution in [3.8, 4) is 22.3 Å². The number of H-pyrrole nitrogens is 1. The largest absolute Gasteiger partial charge is 0.305 e. The molecule has 0 spiro atoms. The number of pyridine rings is 1. The van der Waals surface area contributed by atoms with Crippen molar-refractivity contribution in [2.45, 2.75) is 6.54 Å². The third-order valence-corrected chi connectivity index (χ3v) is 4.12. The first kappa shape index (κ1) is 14.7. The molecule has 0 bridgehead atoms. The lowest BCUT2D eigenvalue weighted by Gasteiger charge is -2.11. The number of fused-ring (bicyclic) bond motifs is 1. The number of hydrogen-bond acceptors (Lipinski definition) is 3. The van der Waals surface area contributed by atoms with Gasteiger partial charge in [-0.15, -0.1) is 0 Å². The normalized spacial score (nSPS) is 11.5. The molecule has 120 valence electrons. The van der Waals surface area contributed by atoms with Gasteiger partial charge in [0.1, 0.15) is 0 Å². The van der Waals surface area contributed by atoms with Crippen LogP contribution in [-0.2, 0) is 6.54 Å². The zero-order valence-electron chi connectivity index (χ0n) is 13.8. The SMILES string of the molecule is CN(C)Cc1ccc(-c2cc(-c3cn[nH]c3)c3cncn3c2)cc1. The maximum absolute atomic E-state index is 4.28. The predicted molar refractivity (Wildman–Crippen MR) is 95.6 cm³/mol. The molecule has 3 aromatic heterocycles. The Hall–Kier alpha value is -2.92. The van der Waals surface area contributed by atoms with Crippen molar-refractivity contribution in [3.63, 3.8) is 0 Å². The molecule has 0 aliphatic heterocycles. The van der Waals surface area contributed by atoms with Gasteiger partial charge in [0.25, 0.3) is 0 Å². The second-order valence-corrected chi connectivity index (χ2v) is 6.25. The van der Waals surface area contributed by atoms with Crippen LogP contribution in [-0.4, -0.2) is 38.6 Å². The van der Waals surface area contributed by atoms with Crippen LogP contribution in [0.2, 0.25) is 0 Å². The van der Waals surface area contributed by atoms with Crippen molar-refractivity contribution in [1.82, 2.24) is 24.5 Å². The summed E-state index contributed by atoms with van der Waals surface area (Å²) >= 11 is 0. The summed E-state index contributed by atoms with van der Waals surface area (Å²) in [4.78, 5) is 6.45. The average Bonchev–Trinajstić information content (AvgIpc) is 3.25. The molecule has 24 heavy (non-hydrogen) atoms. The fourth-order valence-electron chi connectivity index (χ4n) is 2.99. The van der Waals surface area contributed by atoms with Crippen molar-refractivity contribution in [2.24, 2.45) is 0 Å². The average molecular weight is 317 g/mol. The Balaban J connectivity index is 1.79. The molecule has 1 N–H and O–H groups in total. The molecule has 0 atom stereocenters. The van der Waals surface area contributed by atoms with Crippen LogP contribution in [0.1, 0.15) is 5.56 Å². The van der Waals surface area contributed by atoms with Gasteiger partial charge in [0, 0.05) is 30.1 Å². The Morgan fingerprint density at radius 1 is 1.04 bits per heavy atom. The molecule has 3 heterocycles. The summed E-state index contributed by atoms with van der Waals surface area (Å²) in [5.41, 5.74) is 6.92. The second-order valence-electron chi connectivity index (χ2n) is 6.25. The number of imidazole rings is 1. The minimum atomic E-state index is 0.946. The molecule has 0 radical (unpaired) electrons. The van der Waals surface area contributed by atoms with Gasteiger partial charge in [-0.2, -0.15) is 5.10 Å². The third kappa shape index (κ3) is 2.70. The monoisotopic (exact) mass is 317 g/mol. The highest BCUT2D eigenvalue weighted by Gasteiger charge is 2.09. The van der Waals surface area contributed by atoms with Crippen LogP contribution in [0.4, 0.5) is 0 Å². The number of nitrogens with one attached hydrogen (secondary N) is 1. The Morgan fingerprint density at radius 3 is 2.58 bits per heavy atom. The summed E-state index contributed by atoms with van der Waals surface area (Å²) in [5, 5.41) is 6.96. The van der Waals surface area contributed by atoms with Crippen LogP contribution < -0.4 is 0 Å². The van der Waals surface area contributed by atoms with E-state index in [9.17, 15) is 0 Å². The number of aromatic amines is 1. The van der Waals surface area contributed by atoms with E-state index in [0.717, 1.165) is 28.8 Å². The Kier molecular flexibility index (Phi) is 3.63. The van der Waals surface area contributed by atoms with Crippen LogP contribution in [0.3, 0.4) is 0 Å². The van der Waals surface area contributed by atoms with E-state index >= 15 is 0 Å². The molecule has 0 fully saturated rings. The van der Waals surface area contributed by atoms with Gasteiger partial charge in [-0.25, -0.2) is 4.98 Å². The zero-order valence-corrected chi connectivity index (χ0v) is 13.8. The Morgan fingerprint density at radius 2 is 1.88 bits per heavy atom. The molecular formula is C19H19N5. The first-order valence-corrected chi connectivity index (χ1v) is 7.89. The first-order valence-electron chi connectivity index (χ1n) is 7.89. The number of benzene rings is 1. The molecule has 5 nitrogen and oxygen atoms in total. The van der Waals surface area contributed by atoms with E-state index in [0.29, 0.717) is 0 Å². The van der Waals surface area contributed by atoms with Crippen LogP contribution in [0.25, 0.3) is 27.8 Å². The third-order valence-electron chi connectivity index (χ3n) is 4.12. The molecule has 0 aliphatic carbocycles. The smallest absolute Gasteiger partial charge is 0.0992 e. The molecule has 4 aromatic rings. The van der Waals surface area contributed by atoms with Gasteiger partial charge in [-0.1, -0.05) is 24.3 Å². The molecular weight excluding hydrogens is 298 g/mol. The quantitative estimate of drug-likeness (QED) is 0.627. The van der Waals surface area contributed by atoms with E-state index in [1.165, 1.54) is 11.1 Å². The van der Waals surface area contributed by atoms with E-state index in [-0.39, 0.29) is 0 Å². The van der Waals surface area contributed by atoms with E-state index < -0.39 is 0 Å². The predicted octanol–water partition coefficient (Wildman–Crippen LogP) is 3.45. The minimum absolute atomic E-state index is 0.946. The lowest BCUT2D eigenvalue weighted by molar-refractivity contribution is 0.402. The molecule has 1 aromatic carbocycles. The minimum Gasteiger partial charge on any atom is -0.305 e. The summed E-state index contributed by atoms with van der Waals surface area (Å²) in [6.45, 7) is 0.946. The van der Waals surface area contributed by atoms with Crippen LogP contribution in [0.5, 0.6) is 0 Å². The number of rotatable bonds is 4. The van der Waals surface area contributed by atoms with Crippen molar-refractivity contribution < 1.29 is 0 Å². The van der Waals surface area contributed by atoms with Gasteiger partial charge in [-0.3, -0.25) is 5.10 Å². The molecule has 0 amide bonds. The van der Waals surface area contributed by atoms with Gasteiger partial charge >= 0.3 is 0 Å². The fourth-order valence-corrected chi connectivity index (χ4v) is 2.99. The highest BCUT2D eigenvalue weighted by Crippen LogP contribution is 2.29. The molecule has 0 unspecified atom stereocenters. The standard InChI is InChI=1S/C19H19N5/c1-23(2)11-14-3-5-15(6-4-14)16-7-18(17-8-21-22-9-17)19-10-20-13-24(19)12-16/h3-10,12-13H,11H2,1-2H3,(H,21,22). The molecule has 0 saturated carbocycles. The summed E-state index contributed by atoms with van der Waals surface area (Å²) in [7, 11) is 4.16. The summed E-state index contributed by atoms with van der Waals surface area (Å²) in [6.07, 6.45) is 9.58. The Bertz CT molecular complexity index is 949. The molecule has 4 rings (SSSR count). The van der Waals surface area contributed by atoms with Crippen molar-refractivity contribution in [2.75, 3.05) is 14.1 Å². The van der Waals surface area contributed by atoms with Crippen LogP contribution in [0.15, 0.2) is 61.4 Å². The van der Waals surface area contributed by atoms with Gasteiger partial charge in [-0.05, 0) is 36.9 Å². The first-order chi connectivity index (χ1) is 11.7. The van der Waals surface area contributed by atoms with E-state index in [1.807, 2.05) is 24.9 Å². The van der Waals surface area contributed by atoms with Crippen LogP contribution >= 0.6 is 0 Å². The van der Waals surface area contributed by atoms with Gasteiger partial charge in [0.05, 0.1) is 24.2 Å². The fraction of sp³-hybridized carbons (Fsp3) is 0.158. The Labute approximate surface area is 140 Å².